The zero-order valence-corrected chi connectivity index (χ0v) is 18.7. The average molecular weight is 432 g/mol. The molecule has 2 aliphatic rings. The lowest BCUT2D eigenvalue weighted by Crippen LogP contribution is -2.44. The van der Waals surface area contributed by atoms with E-state index in [0.29, 0.717) is 23.8 Å². The minimum Gasteiger partial charge on any atom is -0.463 e. The Hall–Kier alpha value is -2.13. The molecule has 31 heavy (non-hydrogen) atoms. The van der Waals surface area contributed by atoms with Gasteiger partial charge < -0.3 is 26.1 Å². The van der Waals surface area contributed by atoms with E-state index < -0.39 is 0 Å². The fraction of sp³-hybridized carbons (Fsp3) is 0.773. The molecule has 4 rings (SSSR count). The second-order valence-corrected chi connectivity index (χ2v) is 8.94. The Morgan fingerprint density at radius 1 is 1.16 bits per heavy atom. The SMILES string of the molecule is CCCCOc1nc(N)c2[nH]c(=O)n(C(CCC3CCCCN3)C3CCCCN3)c2n1. The van der Waals surface area contributed by atoms with Crippen LogP contribution < -0.4 is 26.8 Å². The molecule has 0 aromatic carbocycles. The van der Waals surface area contributed by atoms with Crippen molar-refractivity contribution in [3.05, 3.63) is 10.5 Å². The maximum absolute atomic E-state index is 13.1. The summed E-state index contributed by atoms with van der Waals surface area (Å²) < 4.78 is 7.53. The number of piperidine rings is 2. The summed E-state index contributed by atoms with van der Waals surface area (Å²) in [7, 11) is 0. The van der Waals surface area contributed by atoms with Crippen LogP contribution in [-0.2, 0) is 0 Å². The number of nitrogen functional groups attached to an aromatic ring is 1. The van der Waals surface area contributed by atoms with Crippen LogP contribution in [-0.4, -0.2) is 51.3 Å². The molecular weight excluding hydrogens is 394 g/mol. The molecule has 2 aromatic rings. The number of unbranched alkanes of at least 4 members (excludes halogenated alkanes) is 1. The topological polar surface area (TPSA) is 123 Å². The summed E-state index contributed by atoms with van der Waals surface area (Å²) in [6, 6.07) is 1.03. The second-order valence-electron chi connectivity index (χ2n) is 8.94. The second kappa shape index (κ2) is 10.5. The van der Waals surface area contributed by atoms with Crippen LogP contribution in [0, 0.1) is 0 Å². The van der Waals surface area contributed by atoms with Gasteiger partial charge in [-0.1, -0.05) is 26.2 Å². The van der Waals surface area contributed by atoms with E-state index in [1.165, 1.54) is 32.1 Å². The van der Waals surface area contributed by atoms with Crippen molar-refractivity contribution in [1.29, 1.82) is 0 Å². The number of aromatic amines is 1. The standard InChI is InChI=1S/C22H37N7O2/c1-2-3-14-31-21-27-19(23)18-20(28-21)29(22(30)26-18)17(16-9-5-7-13-25-16)11-10-15-8-4-6-12-24-15/h15-17,24-25H,2-14H2,1H3,(H,26,30)(H2,23,27,28). The lowest BCUT2D eigenvalue weighted by atomic mass is 9.91. The van der Waals surface area contributed by atoms with Crippen molar-refractivity contribution < 1.29 is 4.74 Å². The van der Waals surface area contributed by atoms with E-state index in [0.717, 1.165) is 45.2 Å². The maximum atomic E-state index is 13.1. The molecule has 3 atom stereocenters. The van der Waals surface area contributed by atoms with Gasteiger partial charge >= 0.3 is 11.7 Å². The third-order valence-electron chi connectivity index (χ3n) is 6.67. The van der Waals surface area contributed by atoms with Gasteiger partial charge in [-0.25, -0.2) is 4.79 Å². The van der Waals surface area contributed by atoms with Crippen molar-refractivity contribution >= 4 is 17.0 Å². The normalized spacial score (nSPS) is 23.1. The van der Waals surface area contributed by atoms with Crippen LogP contribution in [0.3, 0.4) is 0 Å². The molecule has 0 aliphatic carbocycles. The molecule has 2 aromatic heterocycles. The van der Waals surface area contributed by atoms with Gasteiger partial charge in [0.05, 0.1) is 12.6 Å². The van der Waals surface area contributed by atoms with Gasteiger partial charge in [0.25, 0.3) is 0 Å². The molecule has 0 radical (unpaired) electrons. The molecule has 0 bridgehead atoms. The number of imidazole rings is 1. The van der Waals surface area contributed by atoms with Crippen LogP contribution in [0.1, 0.15) is 77.2 Å². The van der Waals surface area contributed by atoms with Crippen LogP contribution in [0.15, 0.2) is 4.79 Å². The highest BCUT2D eigenvalue weighted by atomic mass is 16.5. The van der Waals surface area contributed by atoms with Crippen LogP contribution in [0.2, 0.25) is 0 Å². The molecular formula is C22H37N7O2. The molecule has 2 fully saturated rings. The predicted molar refractivity (Wildman–Crippen MR) is 123 cm³/mol. The number of ether oxygens (including phenoxy) is 1. The van der Waals surface area contributed by atoms with Crippen LogP contribution in [0.5, 0.6) is 6.01 Å². The van der Waals surface area contributed by atoms with Gasteiger partial charge in [-0.05, 0) is 58.0 Å². The summed E-state index contributed by atoms with van der Waals surface area (Å²) in [4.78, 5) is 24.9. The first kappa shape index (κ1) is 22.1. The van der Waals surface area contributed by atoms with E-state index in [4.69, 9.17) is 10.5 Å². The lowest BCUT2D eigenvalue weighted by molar-refractivity contribution is 0.258. The Morgan fingerprint density at radius 2 is 1.97 bits per heavy atom. The van der Waals surface area contributed by atoms with Gasteiger partial charge in [0.1, 0.15) is 5.52 Å². The fourth-order valence-electron chi connectivity index (χ4n) is 4.94. The monoisotopic (exact) mass is 431 g/mol. The highest BCUT2D eigenvalue weighted by Gasteiger charge is 2.30. The molecule has 3 unspecified atom stereocenters. The van der Waals surface area contributed by atoms with E-state index in [1.54, 1.807) is 0 Å². The Balaban J connectivity index is 1.65. The Kier molecular flexibility index (Phi) is 7.45. The summed E-state index contributed by atoms with van der Waals surface area (Å²) in [5.74, 6) is 0.261. The van der Waals surface area contributed by atoms with E-state index in [-0.39, 0.29) is 29.6 Å². The predicted octanol–water partition coefficient (Wildman–Crippen LogP) is 2.49. The molecule has 5 N–H and O–H groups in total. The van der Waals surface area contributed by atoms with Crippen LogP contribution in [0.25, 0.3) is 11.2 Å². The first-order chi connectivity index (χ1) is 15.2. The number of hydrogen-bond donors (Lipinski definition) is 4. The molecule has 0 amide bonds. The highest BCUT2D eigenvalue weighted by molar-refractivity contribution is 5.82. The molecule has 2 saturated heterocycles. The summed E-state index contributed by atoms with van der Waals surface area (Å²) in [6.07, 6.45) is 11.1. The largest absolute Gasteiger partial charge is 0.463 e. The quantitative estimate of drug-likeness (QED) is 0.450. The number of hydrogen-bond acceptors (Lipinski definition) is 7. The van der Waals surface area contributed by atoms with Gasteiger partial charge in [-0.15, -0.1) is 0 Å². The van der Waals surface area contributed by atoms with Crippen molar-refractivity contribution in [2.45, 2.75) is 89.3 Å². The third kappa shape index (κ3) is 5.20. The number of aromatic nitrogens is 4. The van der Waals surface area contributed by atoms with Crippen molar-refractivity contribution in [2.75, 3.05) is 25.4 Å². The Labute approximate surface area is 183 Å². The van der Waals surface area contributed by atoms with Crippen molar-refractivity contribution in [1.82, 2.24) is 30.2 Å². The zero-order chi connectivity index (χ0) is 21.6. The minimum absolute atomic E-state index is 0.0167. The van der Waals surface area contributed by atoms with Gasteiger partial charge in [0.2, 0.25) is 0 Å². The van der Waals surface area contributed by atoms with E-state index >= 15 is 0 Å². The number of rotatable bonds is 9. The van der Waals surface area contributed by atoms with Crippen LogP contribution in [0.4, 0.5) is 5.82 Å². The summed E-state index contributed by atoms with van der Waals surface area (Å²) >= 11 is 0. The molecule has 2 aliphatic heterocycles. The smallest absolute Gasteiger partial charge is 0.328 e. The van der Waals surface area contributed by atoms with Gasteiger partial charge in [0, 0.05) is 12.1 Å². The highest BCUT2D eigenvalue weighted by Crippen LogP contribution is 2.29. The number of nitrogens with two attached hydrogens (primary N) is 1. The number of fused-ring (bicyclic) bond motifs is 1. The summed E-state index contributed by atoms with van der Waals surface area (Å²) in [5, 5.41) is 7.30. The van der Waals surface area contributed by atoms with E-state index in [9.17, 15) is 4.79 Å². The minimum atomic E-state index is -0.171. The number of nitrogens with zero attached hydrogens (tertiary/aromatic N) is 3. The third-order valence-corrected chi connectivity index (χ3v) is 6.67. The summed E-state index contributed by atoms with van der Waals surface area (Å²) in [6.45, 7) is 4.72. The number of anilines is 1. The van der Waals surface area contributed by atoms with E-state index in [2.05, 4.69) is 32.5 Å². The average Bonchev–Trinajstić information content (AvgIpc) is 3.12. The fourth-order valence-corrected chi connectivity index (χ4v) is 4.94. The van der Waals surface area contributed by atoms with Crippen LogP contribution >= 0.6 is 0 Å². The molecule has 9 heteroatoms. The number of H-pyrrole nitrogens is 1. The lowest BCUT2D eigenvalue weighted by Gasteiger charge is -2.33. The first-order valence-corrected chi connectivity index (χ1v) is 12.0. The molecule has 0 saturated carbocycles. The van der Waals surface area contributed by atoms with E-state index in [1.807, 2.05) is 4.57 Å². The molecule has 9 nitrogen and oxygen atoms in total. The molecule has 0 spiro atoms. The summed E-state index contributed by atoms with van der Waals surface area (Å²) in [5.41, 5.74) is 7.06. The zero-order valence-electron chi connectivity index (χ0n) is 18.7. The number of nitrogens with one attached hydrogen (secondary N) is 3. The van der Waals surface area contributed by atoms with Crippen molar-refractivity contribution in [3.63, 3.8) is 0 Å². The molecule has 172 valence electrons. The van der Waals surface area contributed by atoms with Gasteiger partial charge in [-0.3, -0.25) is 4.57 Å². The molecule has 4 heterocycles. The maximum Gasteiger partial charge on any atom is 0.328 e. The Bertz CT molecular complexity index is 897. The van der Waals surface area contributed by atoms with Gasteiger partial charge in [0.15, 0.2) is 11.5 Å². The first-order valence-electron chi connectivity index (χ1n) is 12.0. The van der Waals surface area contributed by atoms with Crippen molar-refractivity contribution in [3.8, 4) is 6.01 Å². The van der Waals surface area contributed by atoms with Gasteiger partial charge in [-0.2, -0.15) is 9.97 Å². The Morgan fingerprint density at radius 3 is 2.68 bits per heavy atom. The van der Waals surface area contributed by atoms with Crippen molar-refractivity contribution in [2.24, 2.45) is 0 Å².